The Hall–Kier alpha value is -8.50. The molecule has 0 saturated carbocycles. The van der Waals surface area contributed by atoms with Gasteiger partial charge in [0.25, 0.3) is 0 Å². The molecule has 0 saturated heterocycles. The second kappa shape index (κ2) is 16.2. The van der Waals surface area contributed by atoms with Crippen molar-refractivity contribution in [3.63, 3.8) is 0 Å². The highest BCUT2D eigenvalue weighted by atomic mass is 32.1. The van der Waals surface area contributed by atoms with E-state index in [2.05, 4.69) is 264 Å². The summed E-state index contributed by atoms with van der Waals surface area (Å²) in [7, 11) is 0. The van der Waals surface area contributed by atoms with Crippen molar-refractivity contribution in [2.24, 2.45) is 0 Å². The van der Waals surface area contributed by atoms with Crippen LogP contribution in [0.5, 0.6) is 0 Å². The lowest BCUT2D eigenvalue weighted by Crippen LogP contribution is -2.10. The van der Waals surface area contributed by atoms with E-state index in [4.69, 9.17) is 0 Å². The van der Waals surface area contributed by atoms with E-state index in [1.54, 1.807) is 0 Å². The molecule has 0 aliphatic heterocycles. The molecule has 0 atom stereocenters. The van der Waals surface area contributed by atoms with Crippen LogP contribution in [0.25, 0.3) is 103 Å². The molecule has 0 aliphatic carbocycles. The second-order valence-electron chi connectivity index (χ2n) is 17.3. The number of benzene rings is 11. The summed E-state index contributed by atoms with van der Waals surface area (Å²) in [5.41, 5.74) is 16.4. The molecule has 2 aromatic heterocycles. The Morgan fingerprint density at radius 2 is 0.821 bits per heavy atom. The summed E-state index contributed by atoms with van der Waals surface area (Å²) < 4.78 is 5.05. The van der Waals surface area contributed by atoms with Crippen LogP contribution in [0.4, 0.5) is 17.1 Å². The van der Waals surface area contributed by atoms with E-state index in [0.717, 1.165) is 28.3 Å². The Balaban J connectivity index is 0.920. The molecule has 2 nitrogen and oxygen atoms in total. The Bertz CT molecular complexity index is 3930. The van der Waals surface area contributed by atoms with Crippen molar-refractivity contribution in [2.75, 3.05) is 4.90 Å². The Labute approximate surface area is 393 Å². The molecule has 11 aromatic carbocycles. The first kappa shape index (κ1) is 38.9. The maximum atomic E-state index is 2.44. The van der Waals surface area contributed by atoms with Crippen molar-refractivity contribution in [1.29, 1.82) is 0 Å². The summed E-state index contributed by atoms with van der Waals surface area (Å²) in [6, 6.07) is 93.3. The third kappa shape index (κ3) is 6.88. The maximum Gasteiger partial charge on any atom is 0.0541 e. The third-order valence-corrected chi connectivity index (χ3v) is 14.5. The predicted molar refractivity (Wildman–Crippen MR) is 288 cm³/mol. The van der Waals surface area contributed by atoms with Crippen molar-refractivity contribution >= 4 is 81.1 Å². The highest BCUT2D eigenvalue weighted by molar-refractivity contribution is 7.25. The Kier molecular flexibility index (Phi) is 9.40. The average molecular weight is 871 g/mol. The number of hydrogen-bond acceptors (Lipinski definition) is 2. The van der Waals surface area contributed by atoms with Crippen LogP contribution >= 0.6 is 11.3 Å². The molecular formula is C64H42N2S. The second-order valence-corrected chi connectivity index (χ2v) is 18.4. The van der Waals surface area contributed by atoms with Gasteiger partial charge in [-0.1, -0.05) is 170 Å². The molecule has 0 amide bonds. The summed E-state index contributed by atoms with van der Waals surface area (Å²) in [6.07, 6.45) is 0. The minimum absolute atomic E-state index is 1.11. The predicted octanol–water partition coefficient (Wildman–Crippen LogP) is 18.4. The number of hydrogen-bond donors (Lipinski definition) is 0. The van der Waals surface area contributed by atoms with Crippen LogP contribution in [-0.4, -0.2) is 4.57 Å². The topological polar surface area (TPSA) is 8.17 Å². The van der Waals surface area contributed by atoms with Crippen molar-refractivity contribution in [3.05, 3.63) is 255 Å². The molecule has 0 bridgehead atoms. The van der Waals surface area contributed by atoms with Crippen molar-refractivity contribution in [2.45, 2.75) is 0 Å². The van der Waals surface area contributed by atoms with Gasteiger partial charge in [-0.15, -0.1) is 11.3 Å². The number of para-hydroxylation sites is 1. The van der Waals surface area contributed by atoms with Gasteiger partial charge in [-0.2, -0.15) is 0 Å². The zero-order chi connectivity index (χ0) is 44.3. The molecule has 0 fully saturated rings. The molecular weight excluding hydrogens is 829 g/mol. The van der Waals surface area contributed by atoms with E-state index in [9.17, 15) is 0 Å². The fourth-order valence-electron chi connectivity index (χ4n) is 10.2. The molecule has 13 aromatic rings. The zero-order valence-electron chi connectivity index (χ0n) is 36.6. The molecule has 67 heavy (non-hydrogen) atoms. The van der Waals surface area contributed by atoms with E-state index in [-0.39, 0.29) is 0 Å². The van der Waals surface area contributed by atoms with Gasteiger partial charge < -0.3 is 9.47 Å². The largest absolute Gasteiger partial charge is 0.310 e. The standard InChI is InChI=1S/C64H42N2S/c1-3-16-43(17-4-1)50-37-51(44-18-5-2-6-19-44)40-54(39-50)66-61-29-11-9-27-56(61)58-41-49(32-34-62(58)66)47-23-13-22-46(36-47)48-24-14-25-52(38-48)65(60-30-15-21-45-20-7-8-26-55(45)60)53-33-35-64-59(42-53)57-28-10-12-31-63(57)67-64/h1-42H. The first-order chi connectivity index (χ1) is 33.2. The Morgan fingerprint density at radius 3 is 1.60 bits per heavy atom. The molecule has 13 rings (SSSR count). The van der Waals surface area contributed by atoms with E-state index in [1.165, 1.54) is 91.7 Å². The average Bonchev–Trinajstić information content (AvgIpc) is 3.94. The van der Waals surface area contributed by atoms with Crippen LogP contribution < -0.4 is 4.90 Å². The first-order valence-electron chi connectivity index (χ1n) is 22.9. The van der Waals surface area contributed by atoms with Crippen LogP contribution in [0, 0.1) is 0 Å². The summed E-state index contributed by atoms with van der Waals surface area (Å²) in [6.45, 7) is 0. The molecule has 0 spiro atoms. The number of thiophene rings is 1. The maximum absolute atomic E-state index is 2.44. The smallest absolute Gasteiger partial charge is 0.0541 e. The molecule has 0 radical (unpaired) electrons. The summed E-state index contributed by atoms with van der Waals surface area (Å²) in [4.78, 5) is 2.43. The van der Waals surface area contributed by atoms with Gasteiger partial charge in [0.15, 0.2) is 0 Å². The number of fused-ring (bicyclic) bond motifs is 7. The minimum atomic E-state index is 1.11. The van der Waals surface area contributed by atoms with Crippen LogP contribution in [0.3, 0.4) is 0 Å². The lowest BCUT2D eigenvalue weighted by atomic mass is 9.97. The highest BCUT2D eigenvalue weighted by Crippen LogP contribution is 2.44. The summed E-state index contributed by atoms with van der Waals surface area (Å²) in [5, 5.41) is 7.47. The van der Waals surface area contributed by atoms with Gasteiger partial charge in [-0.05, 0) is 135 Å². The zero-order valence-corrected chi connectivity index (χ0v) is 37.4. The normalized spacial score (nSPS) is 11.6. The third-order valence-electron chi connectivity index (χ3n) is 13.3. The number of rotatable bonds is 8. The molecule has 0 unspecified atom stereocenters. The van der Waals surface area contributed by atoms with Gasteiger partial charge in [0.1, 0.15) is 0 Å². The Morgan fingerprint density at radius 1 is 0.284 bits per heavy atom. The number of aromatic nitrogens is 1. The molecule has 3 heteroatoms. The van der Waals surface area contributed by atoms with Gasteiger partial charge in [0.05, 0.1) is 16.7 Å². The lowest BCUT2D eigenvalue weighted by Gasteiger charge is -2.27. The van der Waals surface area contributed by atoms with Gasteiger partial charge in [-0.3, -0.25) is 0 Å². The monoisotopic (exact) mass is 870 g/mol. The van der Waals surface area contributed by atoms with Crippen molar-refractivity contribution in [3.8, 4) is 50.2 Å². The van der Waals surface area contributed by atoms with E-state index in [1.807, 2.05) is 11.3 Å². The van der Waals surface area contributed by atoms with E-state index >= 15 is 0 Å². The van der Waals surface area contributed by atoms with E-state index in [0.29, 0.717) is 0 Å². The number of nitrogens with zero attached hydrogens (tertiary/aromatic N) is 2. The summed E-state index contributed by atoms with van der Waals surface area (Å²) in [5.74, 6) is 0. The van der Waals surface area contributed by atoms with Gasteiger partial charge >= 0.3 is 0 Å². The van der Waals surface area contributed by atoms with Gasteiger partial charge in [0, 0.05) is 53.4 Å². The van der Waals surface area contributed by atoms with Crippen LogP contribution in [0.2, 0.25) is 0 Å². The fraction of sp³-hybridized carbons (Fsp3) is 0. The molecule has 2 heterocycles. The van der Waals surface area contributed by atoms with Crippen molar-refractivity contribution < 1.29 is 0 Å². The van der Waals surface area contributed by atoms with Gasteiger partial charge in [0.2, 0.25) is 0 Å². The molecule has 0 N–H and O–H groups in total. The summed E-state index contributed by atoms with van der Waals surface area (Å²) >= 11 is 1.86. The minimum Gasteiger partial charge on any atom is -0.310 e. The quantitative estimate of drug-likeness (QED) is 0.148. The van der Waals surface area contributed by atoms with E-state index < -0.39 is 0 Å². The van der Waals surface area contributed by atoms with Crippen LogP contribution in [-0.2, 0) is 0 Å². The van der Waals surface area contributed by atoms with Gasteiger partial charge in [-0.25, -0.2) is 0 Å². The highest BCUT2D eigenvalue weighted by Gasteiger charge is 2.19. The lowest BCUT2D eigenvalue weighted by molar-refractivity contribution is 1.18. The van der Waals surface area contributed by atoms with Crippen LogP contribution in [0.1, 0.15) is 0 Å². The van der Waals surface area contributed by atoms with Crippen molar-refractivity contribution in [1.82, 2.24) is 4.57 Å². The molecule has 0 aliphatic rings. The van der Waals surface area contributed by atoms with Crippen LogP contribution in [0.15, 0.2) is 255 Å². The fourth-order valence-corrected chi connectivity index (χ4v) is 11.2. The number of anilines is 3. The molecule has 314 valence electrons. The SMILES string of the molecule is c1ccc(-c2cc(-c3ccccc3)cc(-n3c4ccccc4c4cc(-c5cccc(-c6cccc(N(c7ccc8sc9ccccc9c8c7)c7cccc8ccccc78)c6)c5)ccc43)c2)cc1. The first-order valence-corrected chi connectivity index (χ1v) is 23.7.